The molecule has 28 heavy (non-hydrogen) atoms. The number of aromatic nitrogens is 1. The third-order valence-corrected chi connectivity index (χ3v) is 6.24. The molecule has 4 nitrogen and oxygen atoms in total. The van der Waals surface area contributed by atoms with Crippen molar-refractivity contribution in [2.45, 2.75) is 50.9 Å². The van der Waals surface area contributed by atoms with E-state index in [1.54, 1.807) is 0 Å². The molecule has 4 heteroatoms. The number of ether oxygens (including phenoxy) is 1. The maximum Gasteiger partial charge on any atom is 0.0892 e. The first-order valence-corrected chi connectivity index (χ1v) is 10.9. The average Bonchev–Trinajstić information content (AvgIpc) is 2.78. The van der Waals surface area contributed by atoms with E-state index in [2.05, 4.69) is 45.1 Å². The van der Waals surface area contributed by atoms with Crippen LogP contribution in [-0.4, -0.2) is 59.7 Å². The molecular formula is C24H33N3O. The minimum absolute atomic E-state index is 0.354. The monoisotopic (exact) mass is 379 g/mol. The van der Waals surface area contributed by atoms with Crippen LogP contribution in [0.2, 0.25) is 0 Å². The number of piperidine rings is 2. The Hall–Kier alpha value is -1.75. The molecule has 1 aromatic carbocycles. The van der Waals surface area contributed by atoms with Gasteiger partial charge in [-0.3, -0.25) is 9.88 Å². The van der Waals surface area contributed by atoms with Gasteiger partial charge in [0.05, 0.1) is 18.4 Å². The number of nitrogens with zero attached hydrogens (tertiary/aromatic N) is 3. The van der Waals surface area contributed by atoms with Gasteiger partial charge in [0.2, 0.25) is 0 Å². The van der Waals surface area contributed by atoms with Crippen molar-refractivity contribution in [1.29, 1.82) is 0 Å². The van der Waals surface area contributed by atoms with E-state index in [0.29, 0.717) is 12.7 Å². The van der Waals surface area contributed by atoms with Crippen LogP contribution in [0.4, 0.5) is 0 Å². The lowest BCUT2D eigenvalue weighted by atomic mass is 9.98. The fourth-order valence-corrected chi connectivity index (χ4v) is 4.56. The molecule has 0 N–H and O–H groups in total. The standard InChI is InChI=1S/C24H33N3O/c1-2-7-21(8-3-1)11-16-26-17-12-23(13-18-26)27-15-6-10-24(19-27)28-20-22-9-4-5-14-25-22/h1-5,7-9,14,23-24H,6,10-13,15-20H2. The Bertz CT molecular complexity index is 686. The van der Waals surface area contributed by atoms with E-state index in [9.17, 15) is 0 Å². The van der Waals surface area contributed by atoms with Gasteiger partial charge >= 0.3 is 0 Å². The van der Waals surface area contributed by atoms with Crippen molar-refractivity contribution in [3.05, 3.63) is 66.0 Å². The van der Waals surface area contributed by atoms with Crippen molar-refractivity contribution >= 4 is 0 Å². The van der Waals surface area contributed by atoms with Crippen LogP contribution in [0.3, 0.4) is 0 Å². The lowest BCUT2D eigenvalue weighted by Crippen LogP contribution is -2.50. The van der Waals surface area contributed by atoms with Crippen LogP contribution in [0.15, 0.2) is 54.7 Å². The Morgan fingerprint density at radius 2 is 1.75 bits per heavy atom. The highest BCUT2D eigenvalue weighted by molar-refractivity contribution is 5.14. The molecule has 2 aliphatic heterocycles. The number of rotatable bonds is 7. The van der Waals surface area contributed by atoms with Crippen molar-refractivity contribution in [3.63, 3.8) is 0 Å². The first-order valence-electron chi connectivity index (χ1n) is 10.9. The molecule has 0 bridgehead atoms. The van der Waals surface area contributed by atoms with Crippen molar-refractivity contribution < 1.29 is 4.74 Å². The predicted molar refractivity (Wildman–Crippen MR) is 113 cm³/mol. The summed E-state index contributed by atoms with van der Waals surface area (Å²) in [7, 11) is 0. The fourth-order valence-electron chi connectivity index (χ4n) is 4.56. The molecule has 0 aliphatic carbocycles. The second-order valence-electron chi connectivity index (χ2n) is 8.20. The van der Waals surface area contributed by atoms with Gasteiger partial charge in [-0.25, -0.2) is 0 Å². The Balaban J connectivity index is 1.18. The van der Waals surface area contributed by atoms with E-state index in [-0.39, 0.29) is 0 Å². The van der Waals surface area contributed by atoms with Crippen molar-refractivity contribution in [1.82, 2.24) is 14.8 Å². The van der Waals surface area contributed by atoms with E-state index in [1.165, 1.54) is 63.8 Å². The van der Waals surface area contributed by atoms with E-state index >= 15 is 0 Å². The molecule has 150 valence electrons. The molecule has 0 radical (unpaired) electrons. The fraction of sp³-hybridized carbons (Fsp3) is 0.542. The van der Waals surface area contributed by atoms with Crippen molar-refractivity contribution in [2.75, 3.05) is 32.7 Å². The van der Waals surface area contributed by atoms with E-state index in [0.717, 1.165) is 18.3 Å². The molecule has 0 spiro atoms. The highest BCUT2D eigenvalue weighted by Gasteiger charge is 2.29. The second-order valence-corrected chi connectivity index (χ2v) is 8.20. The molecule has 2 fully saturated rings. The Labute approximate surface area is 169 Å². The zero-order chi connectivity index (χ0) is 19.0. The first kappa shape index (κ1) is 19.6. The van der Waals surface area contributed by atoms with Crippen molar-refractivity contribution in [3.8, 4) is 0 Å². The molecule has 2 saturated heterocycles. The van der Waals surface area contributed by atoms with Gasteiger partial charge in [0.15, 0.2) is 0 Å². The first-order chi connectivity index (χ1) is 13.9. The summed E-state index contributed by atoms with van der Waals surface area (Å²) in [5.41, 5.74) is 2.49. The smallest absolute Gasteiger partial charge is 0.0892 e. The number of pyridine rings is 1. The number of hydrogen-bond donors (Lipinski definition) is 0. The van der Waals surface area contributed by atoms with E-state index in [1.807, 2.05) is 24.4 Å². The quantitative estimate of drug-likeness (QED) is 0.732. The maximum atomic E-state index is 6.18. The summed E-state index contributed by atoms with van der Waals surface area (Å²) in [6.07, 6.45) is 8.38. The van der Waals surface area contributed by atoms with Crippen LogP contribution in [0.25, 0.3) is 0 Å². The summed E-state index contributed by atoms with van der Waals surface area (Å²) in [5.74, 6) is 0. The van der Waals surface area contributed by atoms with Gasteiger partial charge in [-0.1, -0.05) is 36.4 Å². The van der Waals surface area contributed by atoms with Crippen molar-refractivity contribution in [2.24, 2.45) is 0 Å². The van der Waals surface area contributed by atoms with Crippen LogP contribution >= 0.6 is 0 Å². The molecule has 1 unspecified atom stereocenters. The summed E-state index contributed by atoms with van der Waals surface area (Å²) < 4.78 is 6.18. The highest BCUT2D eigenvalue weighted by atomic mass is 16.5. The number of hydrogen-bond acceptors (Lipinski definition) is 4. The highest BCUT2D eigenvalue weighted by Crippen LogP contribution is 2.23. The summed E-state index contributed by atoms with van der Waals surface area (Å²) in [5, 5.41) is 0. The molecule has 1 aromatic heterocycles. The Morgan fingerprint density at radius 1 is 0.929 bits per heavy atom. The van der Waals surface area contributed by atoms with Gasteiger partial charge in [-0.15, -0.1) is 0 Å². The molecule has 2 aromatic rings. The second kappa shape index (κ2) is 10.1. The van der Waals surface area contributed by atoms with E-state index < -0.39 is 0 Å². The summed E-state index contributed by atoms with van der Waals surface area (Å²) in [6.45, 7) is 6.60. The Kier molecular flexibility index (Phi) is 7.09. The number of likely N-dealkylation sites (tertiary alicyclic amines) is 2. The minimum Gasteiger partial charge on any atom is -0.371 e. The van der Waals surface area contributed by atoms with Crippen LogP contribution in [0, 0.1) is 0 Å². The van der Waals surface area contributed by atoms with Gasteiger partial charge in [0, 0.05) is 25.3 Å². The summed E-state index contributed by atoms with van der Waals surface area (Å²) >= 11 is 0. The third kappa shape index (κ3) is 5.63. The molecule has 0 saturated carbocycles. The SMILES string of the molecule is c1ccc(CCN2CCC(N3CCCC(OCc4ccccn4)C3)CC2)cc1. The van der Waals surface area contributed by atoms with Gasteiger partial charge < -0.3 is 9.64 Å². The third-order valence-electron chi connectivity index (χ3n) is 6.24. The zero-order valence-corrected chi connectivity index (χ0v) is 16.9. The van der Waals surface area contributed by atoms with Gasteiger partial charge in [-0.2, -0.15) is 0 Å². The maximum absolute atomic E-state index is 6.18. The average molecular weight is 380 g/mol. The lowest BCUT2D eigenvalue weighted by Gasteiger charge is -2.42. The van der Waals surface area contributed by atoms with Crippen LogP contribution < -0.4 is 0 Å². The summed E-state index contributed by atoms with van der Waals surface area (Å²) in [4.78, 5) is 9.71. The van der Waals surface area contributed by atoms with Crippen LogP contribution in [0.5, 0.6) is 0 Å². The van der Waals surface area contributed by atoms with Crippen LogP contribution in [-0.2, 0) is 17.8 Å². The summed E-state index contributed by atoms with van der Waals surface area (Å²) in [6, 6.07) is 17.6. The molecule has 0 amide bonds. The molecule has 1 atom stereocenters. The topological polar surface area (TPSA) is 28.6 Å². The lowest BCUT2D eigenvalue weighted by molar-refractivity contribution is -0.0302. The van der Waals surface area contributed by atoms with Gasteiger partial charge in [-0.05, 0) is 69.4 Å². The van der Waals surface area contributed by atoms with E-state index in [4.69, 9.17) is 4.74 Å². The number of benzene rings is 1. The Morgan fingerprint density at radius 3 is 2.54 bits per heavy atom. The molecule has 4 rings (SSSR count). The molecular weight excluding hydrogens is 346 g/mol. The van der Waals surface area contributed by atoms with Crippen LogP contribution in [0.1, 0.15) is 36.9 Å². The zero-order valence-electron chi connectivity index (χ0n) is 16.9. The minimum atomic E-state index is 0.354. The molecule has 2 aliphatic rings. The molecule has 3 heterocycles. The normalized spacial score (nSPS) is 22.4. The van der Waals surface area contributed by atoms with Gasteiger partial charge in [0.1, 0.15) is 0 Å². The predicted octanol–water partition coefficient (Wildman–Crippen LogP) is 3.77. The van der Waals surface area contributed by atoms with Gasteiger partial charge in [0.25, 0.3) is 0 Å². The largest absolute Gasteiger partial charge is 0.371 e.